The Hall–Kier alpha value is -3.35. The van der Waals surface area contributed by atoms with Gasteiger partial charge < -0.3 is 20.1 Å². The van der Waals surface area contributed by atoms with Gasteiger partial charge in [-0.15, -0.1) is 0 Å². The van der Waals surface area contributed by atoms with Gasteiger partial charge in [-0.3, -0.25) is 4.79 Å². The molecule has 0 radical (unpaired) electrons. The molecule has 3 aliphatic rings. The average molecular weight is 477 g/mol. The SMILES string of the molecule is CC(C)[C@H](CC(=O)N1CCCC2CC21C(=O)O)NC(=O)OCC1c2ccccc2-c2ccccc21. The van der Waals surface area contributed by atoms with Crippen molar-refractivity contribution in [3.63, 3.8) is 0 Å². The van der Waals surface area contributed by atoms with Crippen LogP contribution in [0.1, 0.15) is 56.6 Å². The number of ether oxygens (including phenoxy) is 1. The van der Waals surface area contributed by atoms with Crippen LogP contribution in [0.3, 0.4) is 0 Å². The van der Waals surface area contributed by atoms with Gasteiger partial charge in [0.1, 0.15) is 12.1 Å². The molecule has 7 nitrogen and oxygen atoms in total. The fraction of sp³-hybridized carbons (Fsp3) is 0.464. The topological polar surface area (TPSA) is 95.9 Å². The molecule has 0 spiro atoms. The summed E-state index contributed by atoms with van der Waals surface area (Å²) in [7, 11) is 0. The molecule has 2 aromatic carbocycles. The summed E-state index contributed by atoms with van der Waals surface area (Å²) in [4.78, 5) is 39.4. The van der Waals surface area contributed by atoms with Gasteiger partial charge in [0.25, 0.3) is 0 Å². The van der Waals surface area contributed by atoms with Gasteiger partial charge >= 0.3 is 12.1 Å². The predicted molar refractivity (Wildman–Crippen MR) is 131 cm³/mol. The first-order valence-corrected chi connectivity index (χ1v) is 12.5. The van der Waals surface area contributed by atoms with Gasteiger partial charge in [0.05, 0.1) is 0 Å². The van der Waals surface area contributed by atoms with Gasteiger partial charge in [-0.05, 0) is 53.4 Å². The van der Waals surface area contributed by atoms with Crippen molar-refractivity contribution in [2.45, 2.75) is 57.0 Å². The van der Waals surface area contributed by atoms with E-state index in [1.807, 2.05) is 38.1 Å². The third-order valence-electron chi connectivity index (χ3n) is 8.01. The number of hydrogen-bond donors (Lipinski definition) is 2. The number of benzene rings is 2. The van der Waals surface area contributed by atoms with Crippen molar-refractivity contribution in [3.05, 3.63) is 59.7 Å². The van der Waals surface area contributed by atoms with E-state index in [2.05, 4.69) is 29.6 Å². The van der Waals surface area contributed by atoms with Gasteiger partial charge in [0.2, 0.25) is 5.91 Å². The number of fused-ring (bicyclic) bond motifs is 4. The highest BCUT2D eigenvalue weighted by molar-refractivity contribution is 5.91. The average Bonchev–Trinajstić information content (AvgIpc) is 3.53. The second-order valence-corrected chi connectivity index (χ2v) is 10.3. The number of carbonyl (C=O) groups is 3. The van der Waals surface area contributed by atoms with E-state index in [4.69, 9.17) is 4.74 Å². The van der Waals surface area contributed by atoms with Crippen LogP contribution in [-0.2, 0) is 14.3 Å². The summed E-state index contributed by atoms with van der Waals surface area (Å²) in [5.41, 5.74) is 3.56. The molecule has 35 heavy (non-hydrogen) atoms. The van der Waals surface area contributed by atoms with E-state index in [9.17, 15) is 19.5 Å². The highest BCUT2D eigenvalue weighted by Gasteiger charge is 2.66. The van der Waals surface area contributed by atoms with Crippen molar-refractivity contribution in [1.29, 1.82) is 0 Å². The first-order chi connectivity index (χ1) is 16.8. The van der Waals surface area contributed by atoms with E-state index in [1.165, 1.54) is 4.90 Å². The number of amides is 2. The summed E-state index contributed by atoms with van der Waals surface area (Å²) in [6, 6.07) is 15.9. The van der Waals surface area contributed by atoms with Gasteiger partial charge in [0, 0.05) is 24.9 Å². The van der Waals surface area contributed by atoms with E-state index >= 15 is 0 Å². The molecule has 2 fully saturated rings. The summed E-state index contributed by atoms with van der Waals surface area (Å²) in [6.45, 7) is 4.53. The first kappa shape index (κ1) is 23.4. The van der Waals surface area contributed by atoms with Crippen molar-refractivity contribution in [3.8, 4) is 11.1 Å². The largest absolute Gasteiger partial charge is 0.479 e. The molecule has 2 N–H and O–H groups in total. The molecule has 1 heterocycles. The molecule has 1 saturated carbocycles. The monoisotopic (exact) mass is 476 g/mol. The standard InChI is InChI=1S/C28H32N2O5/c1-17(2)24(14-25(31)30-13-7-8-18-15-28(18,30)26(32)33)29-27(34)35-16-23-21-11-5-3-9-19(21)20-10-4-6-12-22(20)23/h3-6,9-12,17-18,23-24H,7-8,13-16H2,1-2H3,(H,29,34)(H,32,33)/t18?,24-,28?/m0/s1. The minimum absolute atomic E-state index is 0.0139. The molecule has 3 atom stereocenters. The predicted octanol–water partition coefficient (Wildman–Crippen LogP) is 4.41. The molecule has 0 aromatic heterocycles. The Morgan fingerprint density at radius 2 is 1.71 bits per heavy atom. The lowest BCUT2D eigenvalue weighted by Crippen LogP contribution is -2.53. The maximum atomic E-state index is 13.2. The quantitative estimate of drug-likeness (QED) is 0.617. The summed E-state index contributed by atoms with van der Waals surface area (Å²) >= 11 is 0. The summed E-state index contributed by atoms with van der Waals surface area (Å²) in [6.07, 6.45) is 1.69. The van der Waals surface area contributed by atoms with Crippen LogP contribution in [0.25, 0.3) is 11.1 Å². The van der Waals surface area contributed by atoms with Crippen LogP contribution in [0.5, 0.6) is 0 Å². The molecule has 2 amide bonds. The second-order valence-electron chi connectivity index (χ2n) is 10.3. The molecule has 2 aromatic rings. The van der Waals surface area contributed by atoms with Crippen LogP contribution >= 0.6 is 0 Å². The van der Waals surface area contributed by atoms with Crippen LogP contribution in [0.2, 0.25) is 0 Å². The summed E-state index contributed by atoms with van der Waals surface area (Å²) < 4.78 is 5.67. The number of hydrogen-bond acceptors (Lipinski definition) is 4. The lowest BCUT2D eigenvalue weighted by atomic mass is 9.97. The van der Waals surface area contributed by atoms with E-state index in [0.29, 0.717) is 13.0 Å². The fourth-order valence-electron chi connectivity index (χ4n) is 5.95. The fourth-order valence-corrected chi connectivity index (χ4v) is 5.95. The van der Waals surface area contributed by atoms with Crippen LogP contribution in [0.15, 0.2) is 48.5 Å². The van der Waals surface area contributed by atoms with Crippen LogP contribution in [0, 0.1) is 11.8 Å². The van der Waals surface area contributed by atoms with Crippen LogP contribution < -0.4 is 5.32 Å². The van der Waals surface area contributed by atoms with Gasteiger partial charge in [-0.25, -0.2) is 9.59 Å². The number of piperidine rings is 1. The lowest BCUT2D eigenvalue weighted by Gasteiger charge is -2.35. The van der Waals surface area contributed by atoms with Crippen molar-refractivity contribution in [2.24, 2.45) is 11.8 Å². The Labute approximate surface area is 205 Å². The molecular formula is C28H32N2O5. The van der Waals surface area contributed by atoms with Crippen molar-refractivity contribution >= 4 is 18.0 Å². The van der Waals surface area contributed by atoms with E-state index < -0.39 is 23.6 Å². The Morgan fingerprint density at radius 1 is 1.09 bits per heavy atom. The number of rotatable bonds is 7. The third-order valence-corrected chi connectivity index (χ3v) is 8.01. The third kappa shape index (κ3) is 4.07. The molecule has 2 aliphatic carbocycles. The summed E-state index contributed by atoms with van der Waals surface area (Å²) in [5.74, 6) is -1.14. The molecule has 0 bridgehead atoms. The number of carboxylic acid groups (broad SMARTS) is 1. The number of alkyl carbamates (subject to hydrolysis) is 1. The highest BCUT2D eigenvalue weighted by atomic mass is 16.5. The second kappa shape index (κ2) is 9.02. The Kier molecular flexibility index (Phi) is 6.03. The molecule has 7 heteroatoms. The number of likely N-dealkylation sites (tertiary alicyclic amines) is 1. The maximum absolute atomic E-state index is 13.2. The lowest BCUT2D eigenvalue weighted by molar-refractivity contribution is -0.154. The number of carboxylic acids is 1. The normalized spacial score (nSPS) is 23.2. The zero-order valence-corrected chi connectivity index (χ0v) is 20.2. The number of nitrogens with zero attached hydrogens (tertiary/aromatic N) is 1. The summed E-state index contributed by atoms with van der Waals surface area (Å²) in [5, 5.41) is 12.6. The molecule has 2 unspecified atom stereocenters. The van der Waals surface area contributed by atoms with Crippen molar-refractivity contribution in [2.75, 3.05) is 13.2 Å². The van der Waals surface area contributed by atoms with E-state index in [1.54, 1.807) is 0 Å². The molecule has 5 rings (SSSR count). The molecular weight excluding hydrogens is 444 g/mol. The van der Waals surface area contributed by atoms with E-state index in [0.717, 1.165) is 35.1 Å². The first-order valence-electron chi connectivity index (χ1n) is 12.5. The number of nitrogens with one attached hydrogen (secondary N) is 1. The van der Waals surface area contributed by atoms with Crippen LogP contribution in [-0.4, -0.2) is 52.7 Å². The van der Waals surface area contributed by atoms with Crippen molar-refractivity contribution in [1.82, 2.24) is 10.2 Å². The van der Waals surface area contributed by atoms with E-state index in [-0.39, 0.29) is 36.7 Å². The number of aliphatic carboxylic acids is 1. The van der Waals surface area contributed by atoms with Gasteiger partial charge in [0.15, 0.2) is 0 Å². The van der Waals surface area contributed by atoms with Gasteiger partial charge in [-0.1, -0.05) is 62.4 Å². The van der Waals surface area contributed by atoms with Crippen molar-refractivity contribution < 1.29 is 24.2 Å². The number of carbonyl (C=O) groups excluding carboxylic acids is 2. The minimum atomic E-state index is -1.04. The Bertz CT molecular complexity index is 1120. The molecule has 1 aliphatic heterocycles. The van der Waals surface area contributed by atoms with Gasteiger partial charge in [-0.2, -0.15) is 0 Å². The minimum Gasteiger partial charge on any atom is -0.479 e. The zero-order valence-electron chi connectivity index (χ0n) is 20.2. The Balaban J connectivity index is 1.23. The Morgan fingerprint density at radius 3 is 2.31 bits per heavy atom. The zero-order chi connectivity index (χ0) is 24.7. The molecule has 1 saturated heterocycles. The maximum Gasteiger partial charge on any atom is 0.407 e. The molecule has 184 valence electrons. The smallest absolute Gasteiger partial charge is 0.407 e. The van der Waals surface area contributed by atoms with Crippen LogP contribution in [0.4, 0.5) is 4.79 Å². The highest BCUT2D eigenvalue weighted by Crippen LogP contribution is 2.54.